The SMILES string of the molecule is COc1ccccc1/C=C/CN1CCOCC1CC(O)c1ccco1. The lowest BCUT2D eigenvalue weighted by molar-refractivity contribution is -0.0233. The predicted molar refractivity (Wildman–Crippen MR) is 96.5 cm³/mol. The lowest BCUT2D eigenvalue weighted by Crippen LogP contribution is -2.46. The average molecular weight is 343 g/mol. The standard InChI is InChI=1S/C20H25NO4/c1-23-19-8-3-2-6-16(19)7-4-10-21-11-13-24-15-17(21)14-18(22)20-9-5-12-25-20/h2-9,12,17-18,22H,10-11,13-15H2,1H3/b7-4+. The zero-order valence-corrected chi connectivity index (χ0v) is 14.5. The third-order valence-corrected chi connectivity index (χ3v) is 4.49. The van der Waals surface area contributed by atoms with Crippen LogP contribution >= 0.6 is 0 Å². The summed E-state index contributed by atoms with van der Waals surface area (Å²) in [6, 6.07) is 11.7. The molecular weight excluding hydrogens is 318 g/mol. The monoisotopic (exact) mass is 343 g/mol. The van der Waals surface area contributed by atoms with Gasteiger partial charge in [0, 0.05) is 24.7 Å². The molecule has 1 saturated heterocycles. The molecule has 1 aliphatic rings. The molecule has 0 bridgehead atoms. The van der Waals surface area contributed by atoms with Crippen molar-refractivity contribution in [1.29, 1.82) is 0 Å². The first kappa shape index (κ1) is 17.7. The predicted octanol–water partition coefficient (Wildman–Crippen LogP) is 3.13. The largest absolute Gasteiger partial charge is 0.496 e. The summed E-state index contributed by atoms with van der Waals surface area (Å²) in [5.74, 6) is 1.47. The number of ether oxygens (including phenoxy) is 2. The third kappa shape index (κ3) is 4.72. The van der Waals surface area contributed by atoms with Crippen molar-refractivity contribution in [2.24, 2.45) is 0 Å². The van der Waals surface area contributed by atoms with Crippen LogP contribution in [0.25, 0.3) is 6.08 Å². The number of aliphatic hydroxyl groups is 1. The molecule has 3 rings (SSSR count). The first-order chi connectivity index (χ1) is 12.3. The summed E-state index contributed by atoms with van der Waals surface area (Å²) < 4.78 is 16.3. The first-order valence-corrected chi connectivity index (χ1v) is 8.60. The number of morpholine rings is 1. The molecule has 0 spiro atoms. The lowest BCUT2D eigenvalue weighted by atomic mass is 10.1. The van der Waals surface area contributed by atoms with Crippen molar-refractivity contribution in [3.05, 3.63) is 60.1 Å². The number of hydrogen-bond donors (Lipinski definition) is 1. The molecular formula is C20H25NO4. The van der Waals surface area contributed by atoms with Crippen molar-refractivity contribution in [3.63, 3.8) is 0 Å². The number of nitrogens with zero attached hydrogens (tertiary/aromatic N) is 1. The van der Waals surface area contributed by atoms with E-state index in [4.69, 9.17) is 13.9 Å². The summed E-state index contributed by atoms with van der Waals surface area (Å²) in [4.78, 5) is 2.33. The summed E-state index contributed by atoms with van der Waals surface area (Å²) in [6.07, 6.45) is 5.78. The highest BCUT2D eigenvalue weighted by molar-refractivity contribution is 5.57. The molecule has 134 valence electrons. The Bertz CT molecular complexity index is 668. The summed E-state index contributed by atoms with van der Waals surface area (Å²) in [6.45, 7) is 3.00. The molecule has 0 radical (unpaired) electrons. The van der Waals surface area contributed by atoms with Crippen LogP contribution in [0.5, 0.6) is 5.75 Å². The molecule has 2 unspecified atom stereocenters. The van der Waals surface area contributed by atoms with Gasteiger partial charge in [-0.05, 0) is 24.6 Å². The van der Waals surface area contributed by atoms with Gasteiger partial charge in [0.2, 0.25) is 0 Å². The van der Waals surface area contributed by atoms with E-state index in [0.717, 1.165) is 31.0 Å². The fourth-order valence-corrected chi connectivity index (χ4v) is 3.12. The quantitative estimate of drug-likeness (QED) is 0.837. The molecule has 0 saturated carbocycles. The Hall–Kier alpha value is -2.08. The molecule has 5 heteroatoms. The van der Waals surface area contributed by atoms with E-state index in [-0.39, 0.29) is 6.04 Å². The van der Waals surface area contributed by atoms with Crippen LogP contribution in [0.15, 0.2) is 53.2 Å². The normalized spacial score (nSPS) is 20.0. The first-order valence-electron chi connectivity index (χ1n) is 8.60. The van der Waals surface area contributed by atoms with E-state index < -0.39 is 6.10 Å². The van der Waals surface area contributed by atoms with Gasteiger partial charge in [0.25, 0.3) is 0 Å². The maximum atomic E-state index is 10.3. The molecule has 1 aromatic carbocycles. The van der Waals surface area contributed by atoms with Gasteiger partial charge >= 0.3 is 0 Å². The second-order valence-corrected chi connectivity index (χ2v) is 6.13. The Morgan fingerprint density at radius 2 is 2.20 bits per heavy atom. The van der Waals surface area contributed by atoms with Crippen molar-refractivity contribution in [3.8, 4) is 5.75 Å². The summed E-state index contributed by atoms with van der Waals surface area (Å²) in [7, 11) is 1.68. The van der Waals surface area contributed by atoms with Crippen LogP contribution < -0.4 is 4.74 Å². The van der Waals surface area contributed by atoms with Crippen LogP contribution in [0, 0.1) is 0 Å². The van der Waals surface area contributed by atoms with Crippen molar-refractivity contribution < 1.29 is 19.0 Å². The minimum absolute atomic E-state index is 0.163. The Morgan fingerprint density at radius 3 is 3.00 bits per heavy atom. The third-order valence-electron chi connectivity index (χ3n) is 4.49. The van der Waals surface area contributed by atoms with Crippen molar-refractivity contribution in [1.82, 2.24) is 4.90 Å². The van der Waals surface area contributed by atoms with Crippen LogP contribution in [0.1, 0.15) is 23.8 Å². The topological polar surface area (TPSA) is 55.1 Å². The van der Waals surface area contributed by atoms with Gasteiger partial charge in [-0.3, -0.25) is 4.90 Å². The molecule has 1 aliphatic heterocycles. The van der Waals surface area contributed by atoms with Gasteiger partial charge in [0.1, 0.15) is 17.6 Å². The fourth-order valence-electron chi connectivity index (χ4n) is 3.12. The maximum Gasteiger partial charge on any atom is 0.132 e. The zero-order chi connectivity index (χ0) is 17.5. The van der Waals surface area contributed by atoms with Gasteiger partial charge in [0.15, 0.2) is 0 Å². The van der Waals surface area contributed by atoms with Gasteiger partial charge in [-0.1, -0.05) is 30.4 Å². The molecule has 0 aliphatic carbocycles. The number of para-hydroxylation sites is 1. The number of rotatable bonds is 7. The second-order valence-electron chi connectivity index (χ2n) is 6.13. The second kappa shape index (κ2) is 8.85. The molecule has 1 fully saturated rings. The molecule has 1 N–H and O–H groups in total. The van der Waals surface area contributed by atoms with E-state index in [0.29, 0.717) is 18.8 Å². The summed E-state index contributed by atoms with van der Waals surface area (Å²) >= 11 is 0. The van der Waals surface area contributed by atoms with Gasteiger partial charge in [-0.15, -0.1) is 0 Å². The Kier molecular flexibility index (Phi) is 6.28. The molecule has 2 heterocycles. The zero-order valence-electron chi connectivity index (χ0n) is 14.5. The summed E-state index contributed by atoms with van der Waals surface area (Å²) in [5.41, 5.74) is 1.06. The number of aliphatic hydroxyl groups excluding tert-OH is 1. The average Bonchev–Trinajstić information content (AvgIpc) is 3.18. The van der Waals surface area contributed by atoms with Gasteiger partial charge in [0.05, 0.1) is 26.6 Å². The molecule has 25 heavy (non-hydrogen) atoms. The molecule has 2 atom stereocenters. The van der Waals surface area contributed by atoms with Crippen molar-refractivity contribution in [2.75, 3.05) is 33.4 Å². The lowest BCUT2D eigenvalue weighted by Gasteiger charge is -2.35. The Morgan fingerprint density at radius 1 is 1.32 bits per heavy atom. The fraction of sp³-hybridized carbons (Fsp3) is 0.400. The number of benzene rings is 1. The van der Waals surface area contributed by atoms with Crippen LogP contribution in [0.2, 0.25) is 0 Å². The highest BCUT2D eigenvalue weighted by Gasteiger charge is 2.26. The van der Waals surface area contributed by atoms with E-state index in [1.807, 2.05) is 24.3 Å². The van der Waals surface area contributed by atoms with Gasteiger partial charge in [-0.2, -0.15) is 0 Å². The van der Waals surface area contributed by atoms with Crippen molar-refractivity contribution in [2.45, 2.75) is 18.6 Å². The molecule has 2 aromatic rings. The minimum Gasteiger partial charge on any atom is -0.496 e. The smallest absolute Gasteiger partial charge is 0.132 e. The van der Waals surface area contributed by atoms with E-state index in [9.17, 15) is 5.11 Å². The van der Waals surface area contributed by atoms with Crippen LogP contribution in [0.4, 0.5) is 0 Å². The van der Waals surface area contributed by atoms with E-state index in [1.165, 1.54) is 0 Å². The highest BCUT2D eigenvalue weighted by Crippen LogP contribution is 2.23. The maximum absolute atomic E-state index is 10.3. The minimum atomic E-state index is -0.609. The summed E-state index contributed by atoms with van der Waals surface area (Å²) in [5, 5.41) is 10.3. The highest BCUT2D eigenvalue weighted by atomic mass is 16.5. The number of methoxy groups -OCH3 is 1. The van der Waals surface area contributed by atoms with Crippen LogP contribution in [-0.4, -0.2) is 49.5 Å². The number of hydrogen-bond acceptors (Lipinski definition) is 5. The molecule has 5 nitrogen and oxygen atoms in total. The van der Waals surface area contributed by atoms with Crippen LogP contribution in [0.3, 0.4) is 0 Å². The Balaban J connectivity index is 1.60. The number of furan rings is 1. The Labute approximate surface area is 148 Å². The molecule has 0 amide bonds. The van der Waals surface area contributed by atoms with Gasteiger partial charge in [-0.25, -0.2) is 0 Å². The molecule has 1 aromatic heterocycles. The van der Waals surface area contributed by atoms with E-state index >= 15 is 0 Å². The van der Waals surface area contributed by atoms with Crippen LogP contribution in [-0.2, 0) is 4.74 Å². The van der Waals surface area contributed by atoms with E-state index in [2.05, 4.69) is 17.1 Å². The van der Waals surface area contributed by atoms with Crippen molar-refractivity contribution >= 4 is 6.08 Å². The van der Waals surface area contributed by atoms with E-state index in [1.54, 1.807) is 25.5 Å². The van der Waals surface area contributed by atoms with Gasteiger partial charge < -0.3 is 19.0 Å².